The van der Waals surface area contributed by atoms with Gasteiger partial charge in [0.05, 0.1) is 19.6 Å². The standard InChI is InChI=1S/C27H36NO3S/c29-26(27(30,25-12-7-19-32-25)23-10-5-2-6-11-23)31-24-20-28(17-14-22(24)15-18-28)16-13-21-8-3-1-4-9-21/h1,3-4,7-9,12,19,22-24,30H,2,5-6,10-11,13-18,20H2/q+1/t22?,24-,27+,28?/m0/s1. The Bertz CT molecular complexity index is 885. The van der Waals surface area contributed by atoms with E-state index in [2.05, 4.69) is 30.3 Å². The van der Waals surface area contributed by atoms with Gasteiger partial charge in [0.2, 0.25) is 0 Å². The lowest BCUT2D eigenvalue weighted by Gasteiger charge is -2.52. The molecule has 2 aromatic rings. The van der Waals surface area contributed by atoms with Crippen LogP contribution in [-0.2, 0) is 21.6 Å². The molecule has 4 aliphatic rings. The topological polar surface area (TPSA) is 46.5 Å². The van der Waals surface area contributed by atoms with Crippen LogP contribution in [0.4, 0.5) is 0 Å². The molecule has 4 heterocycles. The van der Waals surface area contributed by atoms with E-state index in [-0.39, 0.29) is 12.0 Å². The van der Waals surface area contributed by atoms with Gasteiger partial charge in [-0.05, 0) is 29.9 Å². The normalized spacial score (nSPS) is 30.0. The Labute approximate surface area is 195 Å². The van der Waals surface area contributed by atoms with Gasteiger partial charge in [0.15, 0.2) is 11.7 Å². The van der Waals surface area contributed by atoms with Gasteiger partial charge < -0.3 is 14.3 Å². The fourth-order valence-corrected chi connectivity index (χ4v) is 7.28. The van der Waals surface area contributed by atoms with Crippen LogP contribution in [0.1, 0.15) is 55.4 Å². The van der Waals surface area contributed by atoms with Crippen LogP contribution in [0.15, 0.2) is 47.8 Å². The van der Waals surface area contributed by atoms with E-state index in [1.54, 1.807) is 0 Å². The van der Waals surface area contributed by atoms with Crippen molar-refractivity contribution in [3.8, 4) is 0 Å². The Morgan fingerprint density at radius 3 is 2.47 bits per heavy atom. The van der Waals surface area contributed by atoms with E-state index in [1.165, 1.54) is 36.4 Å². The maximum atomic E-state index is 13.6. The van der Waals surface area contributed by atoms with Gasteiger partial charge in [-0.3, -0.25) is 0 Å². The first-order valence-corrected chi connectivity index (χ1v) is 13.3. The molecule has 172 valence electrons. The molecule has 6 rings (SSSR count). The molecule has 4 fully saturated rings. The van der Waals surface area contributed by atoms with Crippen molar-refractivity contribution in [2.24, 2.45) is 11.8 Å². The number of rotatable bonds is 7. The van der Waals surface area contributed by atoms with Crippen molar-refractivity contribution in [3.63, 3.8) is 0 Å². The van der Waals surface area contributed by atoms with Crippen molar-refractivity contribution in [1.29, 1.82) is 0 Å². The van der Waals surface area contributed by atoms with Crippen LogP contribution in [0.3, 0.4) is 0 Å². The summed E-state index contributed by atoms with van der Waals surface area (Å²) in [5.74, 6) is 0.00568. The number of aliphatic hydroxyl groups is 1. The zero-order valence-electron chi connectivity index (χ0n) is 19.0. The van der Waals surface area contributed by atoms with Crippen molar-refractivity contribution >= 4 is 17.3 Å². The molecule has 0 radical (unpaired) electrons. The maximum absolute atomic E-state index is 13.6. The zero-order chi connectivity index (χ0) is 22.0. The van der Waals surface area contributed by atoms with Crippen molar-refractivity contribution in [2.45, 2.75) is 63.1 Å². The third kappa shape index (κ3) is 4.27. The number of ether oxygens (including phenoxy) is 1. The van der Waals surface area contributed by atoms with Crippen molar-refractivity contribution in [2.75, 3.05) is 26.2 Å². The van der Waals surface area contributed by atoms with Gasteiger partial charge in [0, 0.05) is 36.0 Å². The minimum absolute atomic E-state index is 0.0373. The first kappa shape index (κ1) is 22.1. The van der Waals surface area contributed by atoms with Gasteiger partial charge in [0.1, 0.15) is 6.54 Å². The van der Waals surface area contributed by atoms with E-state index < -0.39 is 11.6 Å². The SMILES string of the molecule is O=C(O[C@H]1C[N+]2(CCc3ccccc3)CCC1CC2)[C@](O)(c1cccs1)C1CCCCC1. The number of esters is 1. The van der Waals surface area contributed by atoms with Crippen LogP contribution in [0.2, 0.25) is 0 Å². The molecular weight excluding hydrogens is 418 g/mol. The number of fused-ring (bicyclic) bond motifs is 3. The quantitative estimate of drug-likeness (QED) is 0.478. The molecule has 5 heteroatoms. The van der Waals surface area contributed by atoms with Gasteiger partial charge >= 0.3 is 5.97 Å². The lowest BCUT2D eigenvalue weighted by atomic mass is 9.75. The van der Waals surface area contributed by atoms with Crippen LogP contribution in [-0.4, -0.2) is 47.8 Å². The number of piperidine rings is 3. The Morgan fingerprint density at radius 2 is 1.78 bits per heavy atom. The lowest BCUT2D eigenvalue weighted by Crippen LogP contribution is -2.65. The third-order valence-corrected chi connectivity index (χ3v) is 9.42. The highest BCUT2D eigenvalue weighted by atomic mass is 32.1. The second-order valence-electron chi connectivity index (χ2n) is 10.3. The van der Waals surface area contributed by atoms with E-state index >= 15 is 0 Å². The summed E-state index contributed by atoms with van der Waals surface area (Å²) < 4.78 is 7.29. The molecule has 2 bridgehead atoms. The predicted molar refractivity (Wildman–Crippen MR) is 127 cm³/mol. The smallest absolute Gasteiger partial charge is 0.344 e. The van der Waals surface area contributed by atoms with E-state index in [0.29, 0.717) is 5.92 Å². The molecule has 1 aromatic heterocycles. The largest absolute Gasteiger partial charge is 0.454 e. The number of hydrogen-bond acceptors (Lipinski definition) is 4. The molecule has 0 amide bonds. The number of thiophene rings is 1. The number of carbonyl (C=O) groups is 1. The van der Waals surface area contributed by atoms with E-state index in [1.807, 2.05) is 17.5 Å². The summed E-state index contributed by atoms with van der Waals surface area (Å²) in [4.78, 5) is 14.4. The van der Waals surface area contributed by atoms with Crippen LogP contribution >= 0.6 is 11.3 Å². The summed E-state index contributed by atoms with van der Waals surface area (Å²) in [6.45, 7) is 4.36. The molecule has 1 saturated carbocycles. The average Bonchev–Trinajstić information content (AvgIpc) is 3.40. The first-order valence-electron chi connectivity index (χ1n) is 12.5. The maximum Gasteiger partial charge on any atom is 0.344 e. The van der Waals surface area contributed by atoms with Crippen LogP contribution in [0.5, 0.6) is 0 Å². The van der Waals surface area contributed by atoms with E-state index in [4.69, 9.17) is 4.74 Å². The second kappa shape index (κ2) is 9.28. The Hall–Kier alpha value is -1.69. The summed E-state index contributed by atoms with van der Waals surface area (Å²) in [6, 6.07) is 14.5. The monoisotopic (exact) mass is 454 g/mol. The lowest BCUT2D eigenvalue weighted by molar-refractivity contribution is -0.946. The molecule has 2 atom stereocenters. The predicted octanol–water partition coefficient (Wildman–Crippen LogP) is 4.91. The molecule has 1 N–H and O–H groups in total. The van der Waals surface area contributed by atoms with Gasteiger partial charge in [-0.2, -0.15) is 0 Å². The van der Waals surface area contributed by atoms with Gasteiger partial charge in [-0.25, -0.2) is 4.79 Å². The summed E-state index contributed by atoms with van der Waals surface area (Å²) in [7, 11) is 0. The molecule has 0 unspecified atom stereocenters. The molecule has 3 aliphatic heterocycles. The average molecular weight is 455 g/mol. The van der Waals surface area contributed by atoms with Crippen molar-refractivity contribution in [1.82, 2.24) is 0 Å². The summed E-state index contributed by atoms with van der Waals surface area (Å²) in [6.07, 6.45) is 8.38. The zero-order valence-corrected chi connectivity index (χ0v) is 19.8. The number of nitrogens with zero attached hydrogens (tertiary/aromatic N) is 1. The van der Waals surface area contributed by atoms with Crippen molar-refractivity contribution in [3.05, 3.63) is 58.3 Å². The molecule has 0 spiro atoms. The van der Waals surface area contributed by atoms with E-state index in [0.717, 1.165) is 67.4 Å². The Balaban J connectivity index is 1.30. The number of hydrogen-bond donors (Lipinski definition) is 1. The van der Waals surface area contributed by atoms with Crippen LogP contribution < -0.4 is 0 Å². The first-order chi connectivity index (χ1) is 15.6. The molecule has 1 aliphatic carbocycles. The minimum Gasteiger partial charge on any atom is -0.454 e. The molecule has 4 nitrogen and oxygen atoms in total. The minimum atomic E-state index is -1.49. The summed E-state index contributed by atoms with van der Waals surface area (Å²) in [5.41, 5.74) is -0.110. The fraction of sp³-hybridized carbons (Fsp3) is 0.593. The molecule has 1 aromatic carbocycles. The fourth-order valence-electron chi connectivity index (χ4n) is 6.39. The van der Waals surface area contributed by atoms with Crippen LogP contribution in [0.25, 0.3) is 0 Å². The highest BCUT2D eigenvalue weighted by Crippen LogP contribution is 2.43. The number of carbonyl (C=O) groups excluding carboxylic acids is 1. The summed E-state index contributed by atoms with van der Waals surface area (Å²) >= 11 is 1.48. The molecular formula is C27H36NO3S+. The molecule has 3 saturated heterocycles. The Morgan fingerprint density at radius 1 is 1.03 bits per heavy atom. The highest BCUT2D eigenvalue weighted by molar-refractivity contribution is 7.10. The highest BCUT2D eigenvalue weighted by Gasteiger charge is 2.52. The second-order valence-corrected chi connectivity index (χ2v) is 11.2. The van der Waals surface area contributed by atoms with Gasteiger partial charge in [-0.15, -0.1) is 11.3 Å². The van der Waals surface area contributed by atoms with Crippen LogP contribution in [0, 0.1) is 11.8 Å². The van der Waals surface area contributed by atoms with Gasteiger partial charge in [-0.1, -0.05) is 55.7 Å². The molecule has 32 heavy (non-hydrogen) atoms. The Kier molecular flexibility index (Phi) is 6.42. The third-order valence-electron chi connectivity index (χ3n) is 8.42. The van der Waals surface area contributed by atoms with Crippen molar-refractivity contribution < 1.29 is 19.1 Å². The number of benzene rings is 1. The van der Waals surface area contributed by atoms with E-state index in [9.17, 15) is 9.90 Å². The summed E-state index contributed by atoms with van der Waals surface area (Å²) in [5, 5.41) is 13.8. The number of quaternary nitrogens is 1. The van der Waals surface area contributed by atoms with Gasteiger partial charge in [0.25, 0.3) is 0 Å².